The quantitative estimate of drug-likeness (QED) is 0.724. The van der Waals surface area contributed by atoms with Crippen molar-refractivity contribution in [1.29, 1.82) is 0 Å². The van der Waals surface area contributed by atoms with E-state index in [4.69, 9.17) is 10.2 Å². The maximum absolute atomic E-state index is 9.11. The smallest absolute Gasteiger partial charge is 0.0496 e. The molecule has 2 atom stereocenters. The standard InChI is InChI=1S/2C10H18O/c1-7-8(2)10(3,4)5-9(7)6-11;1-7-5-9(6-11)10(3,4)8(7)2/h2*9,11H,5-6H2,1-4H3. The van der Waals surface area contributed by atoms with E-state index in [9.17, 15) is 0 Å². The average Bonchev–Trinajstić information content (AvgIpc) is 2.78. The van der Waals surface area contributed by atoms with Crippen LogP contribution < -0.4 is 0 Å². The van der Waals surface area contributed by atoms with Crippen LogP contribution in [-0.4, -0.2) is 23.4 Å². The fraction of sp³-hybridized carbons (Fsp3) is 0.800. The average molecular weight is 309 g/mol. The number of hydrogen-bond acceptors (Lipinski definition) is 2. The zero-order valence-corrected chi connectivity index (χ0v) is 15.9. The summed E-state index contributed by atoms with van der Waals surface area (Å²) in [5.74, 6) is 0.868. The van der Waals surface area contributed by atoms with E-state index in [1.54, 1.807) is 0 Å². The van der Waals surface area contributed by atoms with Gasteiger partial charge in [0.05, 0.1) is 0 Å². The van der Waals surface area contributed by atoms with Gasteiger partial charge >= 0.3 is 0 Å². The molecule has 0 aliphatic heterocycles. The summed E-state index contributed by atoms with van der Waals surface area (Å²) in [7, 11) is 0. The molecule has 128 valence electrons. The van der Waals surface area contributed by atoms with Gasteiger partial charge in [0.1, 0.15) is 0 Å². The highest BCUT2D eigenvalue weighted by Gasteiger charge is 2.37. The zero-order valence-electron chi connectivity index (χ0n) is 15.9. The van der Waals surface area contributed by atoms with Crippen molar-refractivity contribution in [2.45, 2.75) is 68.2 Å². The molecule has 0 saturated heterocycles. The molecule has 0 saturated carbocycles. The number of rotatable bonds is 2. The van der Waals surface area contributed by atoms with E-state index in [2.05, 4.69) is 55.4 Å². The molecule has 0 fully saturated rings. The molecule has 2 rings (SSSR count). The summed E-state index contributed by atoms with van der Waals surface area (Å²) < 4.78 is 0. The molecule has 2 unspecified atom stereocenters. The van der Waals surface area contributed by atoms with Gasteiger partial charge in [0.2, 0.25) is 0 Å². The van der Waals surface area contributed by atoms with Gasteiger partial charge in [-0.2, -0.15) is 0 Å². The van der Waals surface area contributed by atoms with Gasteiger partial charge in [-0.25, -0.2) is 0 Å². The Bertz CT molecular complexity index is 466. The van der Waals surface area contributed by atoms with Crippen LogP contribution >= 0.6 is 0 Å². The lowest BCUT2D eigenvalue weighted by Gasteiger charge is -2.27. The van der Waals surface area contributed by atoms with Gasteiger partial charge in [-0.1, -0.05) is 50.0 Å². The lowest BCUT2D eigenvalue weighted by molar-refractivity contribution is 0.157. The Balaban J connectivity index is 0.000000220. The van der Waals surface area contributed by atoms with E-state index < -0.39 is 0 Å². The van der Waals surface area contributed by atoms with Crippen molar-refractivity contribution >= 4 is 0 Å². The third-order valence-corrected chi connectivity index (χ3v) is 6.60. The normalized spacial score (nSPS) is 29.7. The van der Waals surface area contributed by atoms with E-state index in [1.807, 2.05) is 0 Å². The molecule has 0 aromatic heterocycles. The van der Waals surface area contributed by atoms with Crippen molar-refractivity contribution in [1.82, 2.24) is 0 Å². The monoisotopic (exact) mass is 308 g/mol. The topological polar surface area (TPSA) is 40.5 Å². The summed E-state index contributed by atoms with van der Waals surface area (Å²) in [5.41, 5.74) is 6.34. The molecular weight excluding hydrogens is 272 g/mol. The molecule has 2 N–H and O–H groups in total. The molecule has 22 heavy (non-hydrogen) atoms. The Morgan fingerprint density at radius 2 is 1.45 bits per heavy atom. The maximum atomic E-state index is 9.11. The molecule has 2 aliphatic carbocycles. The van der Waals surface area contributed by atoms with E-state index in [0.717, 1.165) is 12.8 Å². The molecule has 0 bridgehead atoms. The van der Waals surface area contributed by atoms with Crippen molar-refractivity contribution in [3.63, 3.8) is 0 Å². The minimum Gasteiger partial charge on any atom is -0.396 e. The predicted molar refractivity (Wildman–Crippen MR) is 94.7 cm³/mol. The van der Waals surface area contributed by atoms with Crippen LogP contribution in [0.15, 0.2) is 22.3 Å². The number of aliphatic hydroxyl groups excluding tert-OH is 2. The van der Waals surface area contributed by atoms with Gasteiger partial charge in [-0.3, -0.25) is 0 Å². The Morgan fingerprint density at radius 3 is 1.64 bits per heavy atom. The first-order chi connectivity index (χ1) is 9.98. The third kappa shape index (κ3) is 3.65. The Morgan fingerprint density at radius 1 is 0.909 bits per heavy atom. The second kappa shape index (κ2) is 6.88. The molecular formula is C20H36O2. The fourth-order valence-electron chi connectivity index (χ4n) is 3.89. The van der Waals surface area contributed by atoms with Gasteiger partial charge in [-0.15, -0.1) is 0 Å². The van der Waals surface area contributed by atoms with Crippen LogP contribution in [0.25, 0.3) is 0 Å². The van der Waals surface area contributed by atoms with Crippen LogP contribution in [-0.2, 0) is 0 Å². The SMILES string of the molecule is CC1=C(C)C(C)(C)C(CO)C1.CC1=C(C)C(C)(C)CC1CO. The number of hydrogen-bond donors (Lipinski definition) is 2. The summed E-state index contributed by atoms with van der Waals surface area (Å²) in [6.45, 7) is 18.3. The summed E-state index contributed by atoms with van der Waals surface area (Å²) in [6.07, 6.45) is 2.19. The van der Waals surface area contributed by atoms with E-state index in [1.165, 1.54) is 22.3 Å². The number of allylic oxidation sites excluding steroid dienone is 3. The molecule has 0 aromatic carbocycles. The van der Waals surface area contributed by atoms with Gasteiger partial charge < -0.3 is 10.2 Å². The molecule has 0 spiro atoms. The maximum Gasteiger partial charge on any atom is 0.0496 e. The largest absolute Gasteiger partial charge is 0.396 e. The summed E-state index contributed by atoms with van der Waals surface area (Å²) in [5, 5.41) is 18.2. The zero-order chi connectivity index (χ0) is 17.3. The molecule has 0 heterocycles. The Labute approximate surface area is 137 Å². The van der Waals surface area contributed by atoms with Crippen molar-refractivity contribution in [2.24, 2.45) is 22.7 Å². The van der Waals surface area contributed by atoms with E-state index in [-0.39, 0.29) is 5.41 Å². The van der Waals surface area contributed by atoms with Crippen molar-refractivity contribution in [3.05, 3.63) is 22.3 Å². The van der Waals surface area contributed by atoms with Crippen molar-refractivity contribution in [2.75, 3.05) is 13.2 Å². The molecule has 0 aromatic rings. The first-order valence-electron chi connectivity index (χ1n) is 8.55. The molecule has 2 aliphatic rings. The van der Waals surface area contributed by atoms with Gasteiger partial charge in [0, 0.05) is 19.1 Å². The first kappa shape index (κ1) is 19.4. The molecule has 0 amide bonds. The van der Waals surface area contributed by atoms with Gasteiger partial charge in [0.25, 0.3) is 0 Å². The van der Waals surface area contributed by atoms with Crippen LogP contribution in [0.5, 0.6) is 0 Å². The number of aliphatic hydroxyl groups is 2. The fourth-order valence-corrected chi connectivity index (χ4v) is 3.89. The summed E-state index contributed by atoms with van der Waals surface area (Å²) in [6, 6.07) is 0. The highest BCUT2D eigenvalue weighted by atomic mass is 16.3. The highest BCUT2D eigenvalue weighted by Crippen LogP contribution is 2.46. The van der Waals surface area contributed by atoms with Gasteiger partial charge in [-0.05, 0) is 57.3 Å². The van der Waals surface area contributed by atoms with Gasteiger partial charge in [0.15, 0.2) is 0 Å². The van der Waals surface area contributed by atoms with Crippen LogP contribution in [0.2, 0.25) is 0 Å². The van der Waals surface area contributed by atoms with Crippen LogP contribution in [0.4, 0.5) is 0 Å². The summed E-state index contributed by atoms with van der Waals surface area (Å²) >= 11 is 0. The molecule has 2 heteroatoms. The molecule has 0 radical (unpaired) electrons. The van der Waals surface area contributed by atoms with Crippen LogP contribution in [0, 0.1) is 22.7 Å². The Kier molecular flexibility index (Phi) is 6.08. The Hall–Kier alpha value is -0.600. The lowest BCUT2D eigenvalue weighted by Crippen LogP contribution is -2.23. The third-order valence-electron chi connectivity index (χ3n) is 6.60. The summed E-state index contributed by atoms with van der Waals surface area (Å²) in [4.78, 5) is 0. The second-order valence-corrected chi connectivity index (χ2v) is 8.49. The van der Waals surface area contributed by atoms with Crippen LogP contribution in [0.3, 0.4) is 0 Å². The highest BCUT2D eigenvalue weighted by molar-refractivity contribution is 5.26. The van der Waals surface area contributed by atoms with E-state index in [0.29, 0.717) is 30.5 Å². The van der Waals surface area contributed by atoms with Crippen molar-refractivity contribution < 1.29 is 10.2 Å². The minimum atomic E-state index is 0.221. The lowest BCUT2D eigenvalue weighted by atomic mass is 9.78. The first-order valence-corrected chi connectivity index (χ1v) is 8.55. The van der Waals surface area contributed by atoms with Crippen molar-refractivity contribution in [3.8, 4) is 0 Å². The molecule has 2 nitrogen and oxygen atoms in total. The second-order valence-electron chi connectivity index (χ2n) is 8.49. The predicted octanol–water partition coefficient (Wildman–Crippen LogP) is 4.72. The van der Waals surface area contributed by atoms with E-state index >= 15 is 0 Å². The van der Waals surface area contributed by atoms with Crippen LogP contribution in [0.1, 0.15) is 68.2 Å². The minimum absolute atomic E-state index is 0.221.